The van der Waals surface area contributed by atoms with Crippen molar-refractivity contribution in [1.82, 2.24) is 5.43 Å². The van der Waals surface area contributed by atoms with Gasteiger partial charge in [0.05, 0.1) is 24.2 Å². The number of rotatable bonds is 6. The molecule has 3 rings (SSSR count). The summed E-state index contributed by atoms with van der Waals surface area (Å²) in [5.41, 5.74) is 10.1. The van der Waals surface area contributed by atoms with Crippen LogP contribution in [0.4, 0.5) is 5.69 Å². The van der Waals surface area contributed by atoms with Gasteiger partial charge in [0, 0.05) is 12.1 Å². The summed E-state index contributed by atoms with van der Waals surface area (Å²) in [6, 6.07) is 19.4. The molecule has 0 aromatic heterocycles. The molecule has 5 heteroatoms. The molecule has 0 unspecified atom stereocenters. The third-order valence-corrected chi connectivity index (χ3v) is 3.97. The van der Waals surface area contributed by atoms with Gasteiger partial charge in [-0.1, -0.05) is 48.5 Å². The maximum atomic E-state index is 12.5. The first kappa shape index (κ1) is 16.8. The van der Waals surface area contributed by atoms with Crippen LogP contribution in [0.3, 0.4) is 0 Å². The second kappa shape index (κ2) is 8.15. The van der Waals surface area contributed by atoms with E-state index in [1.807, 2.05) is 60.7 Å². The molecule has 1 heterocycles. The number of nitrogens with one attached hydrogen (secondary N) is 2. The van der Waals surface area contributed by atoms with Crippen molar-refractivity contribution in [3.05, 3.63) is 71.8 Å². The van der Waals surface area contributed by atoms with Crippen molar-refractivity contribution >= 4 is 23.1 Å². The number of para-hydroxylation sites is 1. The Bertz CT molecular complexity index is 783. The number of ether oxygens (including phenoxy) is 1. The third kappa shape index (κ3) is 4.07. The van der Waals surface area contributed by atoms with E-state index in [1.165, 1.54) is 7.11 Å². The number of benzene rings is 2. The van der Waals surface area contributed by atoms with Crippen LogP contribution in [0, 0.1) is 0 Å². The van der Waals surface area contributed by atoms with Gasteiger partial charge in [-0.25, -0.2) is 4.79 Å². The molecule has 0 aliphatic carbocycles. The fourth-order valence-electron chi connectivity index (χ4n) is 2.75. The minimum atomic E-state index is -0.387. The van der Waals surface area contributed by atoms with Gasteiger partial charge in [-0.15, -0.1) is 0 Å². The predicted molar refractivity (Wildman–Crippen MR) is 100 cm³/mol. The molecule has 2 aromatic rings. The Kier molecular flexibility index (Phi) is 5.46. The molecule has 0 atom stereocenters. The van der Waals surface area contributed by atoms with Crippen LogP contribution in [0.5, 0.6) is 0 Å². The molecule has 1 aliphatic heterocycles. The summed E-state index contributed by atoms with van der Waals surface area (Å²) < 4.78 is 5.03. The predicted octanol–water partition coefficient (Wildman–Crippen LogP) is 3.42. The molecule has 0 spiro atoms. The Morgan fingerprint density at radius 3 is 2.32 bits per heavy atom. The Morgan fingerprint density at radius 2 is 1.72 bits per heavy atom. The second-order valence-corrected chi connectivity index (χ2v) is 5.66. The summed E-state index contributed by atoms with van der Waals surface area (Å²) >= 11 is 0. The van der Waals surface area contributed by atoms with E-state index in [9.17, 15) is 4.79 Å². The molecule has 25 heavy (non-hydrogen) atoms. The fraction of sp³-hybridized carbons (Fsp3) is 0.200. The Morgan fingerprint density at radius 1 is 1.04 bits per heavy atom. The van der Waals surface area contributed by atoms with E-state index in [1.54, 1.807) is 0 Å². The number of hydrogen-bond acceptors (Lipinski definition) is 5. The highest BCUT2D eigenvalue weighted by Gasteiger charge is 2.25. The summed E-state index contributed by atoms with van der Waals surface area (Å²) in [7, 11) is 1.39. The first-order chi connectivity index (χ1) is 12.3. The number of anilines is 1. The number of hydrazine groups is 1. The van der Waals surface area contributed by atoms with Crippen molar-refractivity contribution in [3.8, 4) is 0 Å². The monoisotopic (exact) mass is 335 g/mol. The zero-order valence-corrected chi connectivity index (χ0v) is 14.2. The molecule has 0 radical (unpaired) electrons. The minimum Gasteiger partial charge on any atom is -0.465 e. The topological polar surface area (TPSA) is 62.7 Å². The molecule has 0 saturated carbocycles. The van der Waals surface area contributed by atoms with Gasteiger partial charge in [0.2, 0.25) is 0 Å². The van der Waals surface area contributed by atoms with E-state index in [0.29, 0.717) is 11.3 Å². The lowest BCUT2D eigenvalue weighted by molar-refractivity contribution is -0.135. The average Bonchev–Trinajstić information content (AvgIpc) is 3.20. The highest BCUT2D eigenvalue weighted by molar-refractivity contribution is 6.25. The summed E-state index contributed by atoms with van der Waals surface area (Å²) in [4.78, 5) is 17.0. The molecule has 0 amide bonds. The van der Waals surface area contributed by atoms with Gasteiger partial charge in [0.25, 0.3) is 0 Å². The van der Waals surface area contributed by atoms with Crippen LogP contribution in [0.25, 0.3) is 5.70 Å². The van der Waals surface area contributed by atoms with Crippen LogP contribution < -0.4 is 10.9 Å². The number of hydrogen-bond donors (Lipinski definition) is 2. The van der Waals surface area contributed by atoms with E-state index in [2.05, 4.69) is 15.8 Å². The molecular weight excluding hydrogens is 314 g/mol. The lowest BCUT2D eigenvalue weighted by atomic mass is 10.0. The lowest BCUT2D eigenvalue weighted by Gasteiger charge is -2.18. The van der Waals surface area contributed by atoms with E-state index in [-0.39, 0.29) is 5.97 Å². The van der Waals surface area contributed by atoms with Crippen molar-refractivity contribution in [1.29, 1.82) is 0 Å². The standard InChI is InChI=1S/C20H21N3O2/c1-25-20(24)18(17-13-8-14-21-17)19(15-9-4-2-5-10-15)23-22-16-11-6-3-7-12-16/h2-7,9-12,22-23H,8,13-14H2,1H3/b19-18-. The second-order valence-electron chi connectivity index (χ2n) is 5.66. The Hall–Kier alpha value is -3.08. The minimum absolute atomic E-state index is 0.387. The van der Waals surface area contributed by atoms with Gasteiger partial charge in [-0.2, -0.15) is 0 Å². The maximum absolute atomic E-state index is 12.5. The molecule has 0 fully saturated rings. The smallest absolute Gasteiger partial charge is 0.341 e. The van der Waals surface area contributed by atoms with Crippen LogP contribution in [0.15, 0.2) is 71.2 Å². The number of methoxy groups -OCH3 is 1. The van der Waals surface area contributed by atoms with Gasteiger partial charge < -0.3 is 10.2 Å². The third-order valence-electron chi connectivity index (χ3n) is 3.97. The van der Waals surface area contributed by atoms with Crippen molar-refractivity contribution in [2.75, 3.05) is 19.1 Å². The van der Waals surface area contributed by atoms with Crippen molar-refractivity contribution in [3.63, 3.8) is 0 Å². The zero-order valence-electron chi connectivity index (χ0n) is 14.2. The summed E-state index contributed by atoms with van der Waals surface area (Å²) in [5.74, 6) is -0.387. The van der Waals surface area contributed by atoms with E-state index >= 15 is 0 Å². The van der Waals surface area contributed by atoms with Gasteiger partial charge in [0.15, 0.2) is 0 Å². The quantitative estimate of drug-likeness (QED) is 0.482. The van der Waals surface area contributed by atoms with Crippen molar-refractivity contribution in [2.24, 2.45) is 4.99 Å². The highest BCUT2D eigenvalue weighted by Crippen LogP contribution is 2.23. The molecule has 0 bridgehead atoms. The van der Waals surface area contributed by atoms with E-state index in [4.69, 9.17) is 4.74 Å². The first-order valence-electron chi connectivity index (χ1n) is 8.28. The lowest BCUT2D eigenvalue weighted by Crippen LogP contribution is -2.26. The number of carbonyl (C=O) groups is 1. The normalized spacial score (nSPS) is 14.4. The van der Waals surface area contributed by atoms with Crippen LogP contribution in [-0.4, -0.2) is 25.3 Å². The summed E-state index contributed by atoms with van der Waals surface area (Å²) in [5, 5.41) is 0. The first-order valence-corrected chi connectivity index (χ1v) is 8.28. The van der Waals surface area contributed by atoms with Crippen molar-refractivity contribution in [2.45, 2.75) is 12.8 Å². The Balaban J connectivity index is 2.02. The van der Waals surface area contributed by atoms with E-state index in [0.717, 1.165) is 36.3 Å². The van der Waals surface area contributed by atoms with Gasteiger partial charge in [-0.05, 0) is 25.0 Å². The summed E-state index contributed by atoms with van der Waals surface area (Å²) in [6.45, 7) is 0.740. The van der Waals surface area contributed by atoms with Crippen LogP contribution >= 0.6 is 0 Å². The molecule has 128 valence electrons. The number of nitrogens with zero attached hydrogens (tertiary/aromatic N) is 1. The van der Waals surface area contributed by atoms with Crippen LogP contribution in [0.2, 0.25) is 0 Å². The zero-order chi connectivity index (χ0) is 17.5. The SMILES string of the molecule is COC(=O)/C(C1=NCCC1)=C(\NNc1ccccc1)c1ccccc1. The maximum Gasteiger partial charge on any atom is 0.341 e. The highest BCUT2D eigenvalue weighted by atomic mass is 16.5. The van der Waals surface area contributed by atoms with E-state index < -0.39 is 0 Å². The van der Waals surface area contributed by atoms with Crippen LogP contribution in [0.1, 0.15) is 18.4 Å². The van der Waals surface area contributed by atoms with Gasteiger partial charge in [-0.3, -0.25) is 10.4 Å². The number of aliphatic imine (C=N–C) groups is 1. The Labute approximate surface area is 147 Å². The largest absolute Gasteiger partial charge is 0.465 e. The number of carbonyl (C=O) groups excluding carboxylic acids is 1. The molecule has 5 nitrogen and oxygen atoms in total. The van der Waals surface area contributed by atoms with Gasteiger partial charge in [0.1, 0.15) is 5.57 Å². The molecule has 1 aliphatic rings. The number of esters is 1. The van der Waals surface area contributed by atoms with Crippen LogP contribution in [-0.2, 0) is 9.53 Å². The average molecular weight is 335 g/mol. The van der Waals surface area contributed by atoms with Gasteiger partial charge >= 0.3 is 5.97 Å². The molecule has 2 N–H and O–H groups in total. The molecular formula is C20H21N3O2. The molecule has 0 saturated heterocycles. The summed E-state index contributed by atoms with van der Waals surface area (Å²) in [6.07, 6.45) is 1.72. The van der Waals surface area contributed by atoms with Crippen molar-refractivity contribution < 1.29 is 9.53 Å². The molecule has 2 aromatic carbocycles. The fourth-order valence-corrected chi connectivity index (χ4v) is 2.75.